The SMILES string of the molecule is CN=C(NCCN1CCCCC1)NCCN(C(=O)OC(C)(C)C)C1CC1. The van der Waals surface area contributed by atoms with Crippen molar-refractivity contribution in [3.8, 4) is 0 Å². The van der Waals surface area contributed by atoms with Crippen molar-refractivity contribution in [3.63, 3.8) is 0 Å². The van der Waals surface area contributed by atoms with E-state index in [1.807, 2.05) is 25.7 Å². The Morgan fingerprint density at radius 1 is 1.15 bits per heavy atom. The number of amides is 1. The Balaban J connectivity index is 1.67. The molecule has 0 aromatic rings. The molecule has 0 aromatic heterocycles. The number of piperidine rings is 1. The molecule has 0 atom stereocenters. The standard InChI is InChI=1S/C19H37N5O2/c1-19(2,3)26-18(25)24(16-8-9-16)15-11-22-17(20-4)21-10-14-23-12-6-5-7-13-23/h16H,5-15H2,1-4H3,(H2,20,21,22). The summed E-state index contributed by atoms with van der Waals surface area (Å²) in [6.45, 7) is 11.4. The molecule has 1 amide bonds. The summed E-state index contributed by atoms with van der Waals surface area (Å²) in [4.78, 5) is 21.0. The lowest BCUT2D eigenvalue weighted by atomic mass is 10.1. The van der Waals surface area contributed by atoms with Crippen LogP contribution in [0.4, 0.5) is 4.79 Å². The minimum atomic E-state index is -0.455. The highest BCUT2D eigenvalue weighted by Gasteiger charge is 2.34. The van der Waals surface area contributed by atoms with Gasteiger partial charge in [-0.25, -0.2) is 4.79 Å². The lowest BCUT2D eigenvalue weighted by Gasteiger charge is -2.28. The molecule has 7 heteroatoms. The van der Waals surface area contributed by atoms with E-state index in [-0.39, 0.29) is 6.09 Å². The highest BCUT2D eigenvalue weighted by atomic mass is 16.6. The summed E-state index contributed by atoms with van der Waals surface area (Å²) in [6.07, 6.45) is 5.92. The van der Waals surface area contributed by atoms with Gasteiger partial charge in [0.15, 0.2) is 5.96 Å². The van der Waals surface area contributed by atoms with E-state index >= 15 is 0 Å². The number of guanidine groups is 1. The minimum absolute atomic E-state index is 0.213. The summed E-state index contributed by atoms with van der Waals surface area (Å²) in [5.41, 5.74) is -0.455. The van der Waals surface area contributed by atoms with Gasteiger partial charge in [0, 0.05) is 39.3 Å². The number of carbonyl (C=O) groups is 1. The Kier molecular flexibility index (Phi) is 8.00. The number of hydrogen-bond acceptors (Lipinski definition) is 4. The van der Waals surface area contributed by atoms with Crippen LogP contribution in [0.2, 0.25) is 0 Å². The molecule has 1 saturated heterocycles. The van der Waals surface area contributed by atoms with E-state index in [0.717, 1.165) is 31.9 Å². The Labute approximate surface area is 158 Å². The molecule has 150 valence electrons. The zero-order chi connectivity index (χ0) is 19.0. The van der Waals surface area contributed by atoms with Gasteiger partial charge in [-0.1, -0.05) is 6.42 Å². The van der Waals surface area contributed by atoms with E-state index < -0.39 is 5.60 Å². The number of rotatable bonds is 7. The van der Waals surface area contributed by atoms with Crippen molar-refractivity contribution < 1.29 is 9.53 Å². The van der Waals surface area contributed by atoms with Crippen LogP contribution in [0.1, 0.15) is 52.9 Å². The average Bonchev–Trinajstić information content (AvgIpc) is 3.41. The molecule has 1 aliphatic heterocycles. The van der Waals surface area contributed by atoms with Gasteiger partial charge in [0.1, 0.15) is 5.60 Å². The molecule has 1 saturated carbocycles. The minimum Gasteiger partial charge on any atom is -0.444 e. The summed E-state index contributed by atoms with van der Waals surface area (Å²) >= 11 is 0. The molecule has 1 aliphatic carbocycles. The van der Waals surface area contributed by atoms with Crippen molar-refractivity contribution in [2.24, 2.45) is 4.99 Å². The van der Waals surface area contributed by atoms with Gasteiger partial charge in [-0.05, 0) is 59.5 Å². The van der Waals surface area contributed by atoms with Crippen molar-refractivity contribution in [1.82, 2.24) is 20.4 Å². The van der Waals surface area contributed by atoms with Crippen LogP contribution in [0, 0.1) is 0 Å². The third-order valence-electron chi connectivity index (χ3n) is 4.65. The fourth-order valence-electron chi connectivity index (χ4n) is 3.16. The number of carbonyl (C=O) groups excluding carboxylic acids is 1. The number of nitrogens with one attached hydrogen (secondary N) is 2. The second kappa shape index (κ2) is 10.00. The molecular formula is C19H37N5O2. The van der Waals surface area contributed by atoms with Crippen LogP contribution in [0.15, 0.2) is 4.99 Å². The zero-order valence-electron chi connectivity index (χ0n) is 17.0. The monoisotopic (exact) mass is 367 g/mol. The van der Waals surface area contributed by atoms with Crippen LogP contribution >= 0.6 is 0 Å². The maximum absolute atomic E-state index is 12.4. The first-order chi connectivity index (χ1) is 12.4. The highest BCUT2D eigenvalue weighted by Crippen LogP contribution is 2.27. The van der Waals surface area contributed by atoms with E-state index in [4.69, 9.17) is 4.74 Å². The number of hydrogen-bond donors (Lipinski definition) is 2. The second-order valence-corrected chi connectivity index (χ2v) is 8.23. The molecule has 2 fully saturated rings. The van der Waals surface area contributed by atoms with E-state index in [9.17, 15) is 4.79 Å². The topological polar surface area (TPSA) is 69.2 Å². The van der Waals surface area contributed by atoms with Crippen LogP contribution < -0.4 is 10.6 Å². The van der Waals surface area contributed by atoms with Gasteiger partial charge in [0.2, 0.25) is 0 Å². The predicted octanol–water partition coefficient (Wildman–Crippen LogP) is 2.04. The summed E-state index contributed by atoms with van der Waals surface area (Å²) in [5, 5.41) is 6.67. The predicted molar refractivity (Wildman–Crippen MR) is 106 cm³/mol. The van der Waals surface area contributed by atoms with Crippen LogP contribution in [0.5, 0.6) is 0 Å². The Morgan fingerprint density at radius 2 is 1.81 bits per heavy atom. The van der Waals surface area contributed by atoms with Gasteiger partial charge in [-0.2, -0.15) is 0 Å². The van der Waals surface area contributed by atoms with Gasteiger partial charge < -0.3 is 25.2 Å². The summed E-state index contributed by atoms with van der Waals surface area (Å²) in [6, 6.07) is 0.334. The normalized spacial score (nSPS) is 19.2. The molecule has 0 aromatic carbocycles. The van der Waals surface area contributed by atoms with Crippen molar-refractivity contribution in [3.05, 3.63) is 0 Å². The molecule has 2 rings (SSSR count). The molecule has 0 radical (unpaired) electrons. The molecular weight excluding hydrogens is 330 g/mol. The third-order valence-corrected chi connectivity index (χ3v) is 4.65. The number of ether oxygens (including phenoxy) is 1. The van der Waals surface area contributed by atoms with Gasteiger partial charge in [0.25, 0.3) is 0 Å². The Morgan fingerprint density at radius 3 is 2.38 bits per heavy atom. The largest absolute Gasteiger partial charge is 0.444 e. The van der Waals surface area contributed by atoms with Gasteiger partial charge in [-0.3, -0.25) is 4.99 Å². The molecule has 2 N–H and O–H groups in total. The first-order valence-electron chi connectivity index (χ1n) is 10.1. The molecule has 2 aliphatic rings. The van der Waals surface area contributed by atoms with E-state index in [1.54, 1.807) is 7.05 Å². The molecule has 7 nitrogen and oxygen atoms in total. The number of aliphatic imine (C=N–C) groups is 1. The van der Waals surface area contributed by atoms with Crippen LogP contribution in [0.25, 0.3) is 0 Å². The molecule has 1 heterocycles. The highest BCUT2D eigenvalue weighted by molar-refractivity contribution is 5.79. The summed E-state index contributed by atoms with van der Waals surface area (Å²) in [5.74, 6) is 0.793. The summed E-state index contributed by atoms with van der Waals surface area (Å²) < 4.78 is 5.52. The first-order valence-corrected chi connectivity index (χ1v) is 10.1. The fraction of sp³-hybridized carbons (Fsp3) is 0.895. The molecule has 0 unspecified atom stereocenters. The average molecular weight is 368 g/mol. The van der Waals surface area contributed by atoms with E-state index in [1.165, 1.54) is 32.4 Å². The van der Waals surface area contributed by atoms with Crippen molar-refractivity contribution >= 4 is 12.1 Å². The van der Waals surface area contributed by atoms with Crippen molar-refractivity contribution in [2.45, 2.75) is 64.5 Å². The summed E-state index contributed by atoms with van der Waals surface area (Å²) in [7, 11) is 1.78. The molecule has 0 spiro atoms. The molecule has 26 heavy (non-hydrogen) atoms. The van der Waals surface area contributed by atoms with E-state index in [0.29, 0.717) is 19.1 Å². The lowest BCUT2D eigenvalue weighted by molar-refractivity contribution is 0.0238. The van der Waals surface area contributed by atoms with Gasteiger partial charge >= 0.3 is 6.09 Å². The Hall–Kier alpha value is -1.50. The van der Waals surface area contributed by atoms with Crippen LogP contribution in [-0.2, 0) is 4.74 Å². The maximum atomic E-state index is 12.4. The first kappa shape index (κ1) is 20.8. The van der Waals surface area contributed by atoms with E-state index in [2.05, 4.69) is 20.5 Å². The van der Waals surface area contributed by atoms with Gasteiger partial charge in [-0.15, -0.1) is 0 Å². The zero-order valence-corrected chi connectivity index (χ0v) is 17.0. The van der Waals surface area contributed by atoms with Gasteiger partial charge in [0.05, 0.1) is 0 Å². The van der Waals surface area contributed by atoms with Crippen molar-refractivity contribution in [1.29, 1.82) is 0 Å². The van der Waals surface area contributed by atoms with Crippen LogP contribution in [0.3, 0.4) is 0 Å². The second-order valence-electron chi connectivity index (χ2n) is 8.23. The van der Waals surface area contributed by atoms with Crippen molar-refractivity contribution in [2.75, 3.05) is 46.3 Å². The smallest absolute Gasteiger partial charge is 0.410 e. The fourth-order valence-corrected chi connectivity index (χ4v) is 3.16. The number of nitrogens with zero attached hydrogens (tertiary/aromatic N) is 3. The Bertz CT molecular complexity index is 465. The van der Waals surface area contributed by atoms with Crippen LogP contribution in [-0.4, -0.2) is 79.8 Å². The third kappa shape index (κ3) is 7.81. The maximum Gasteiger partial charge on any atom is 0.410 e. The number of likely N-dealkylation sites (tertiary alicyclic amines) is 1. The quantitative estimate of drug-likeness (QED) is 0.532. The lowest BCUT2D eigenvalue weighted by Crippen LogP contribution is -2.46. The molecule has 0 bridgehead atoms.